The molecule has 2 heterocycles. The molecule has 0 atom stereocenters. The van der Waals surface area contributed by atoms with Gasteiger partial charge in [-0.05, 0) is 34.7 Å². The molecular formula is C19H15ClN6O. The molecule has 0 spiro atoms. The average molecular weight is 379 g/mol. The highest BCUT2D eigenvalue weighted by Crippen LogP contribution is 2.25. The number of anilines is 1. The minimum absolute atomic E-state index is 0.466. The van der Waals surface area contributed by atoms with Crippen molar-refractivity contribution in [1.29, 1.82) is 0 Å². The number of hydrogen-bond donors (Lipinski definition) is 1. The Morgan fingerprint density at radius 3 is 2.63 bits per heavy atom. The normalized spacial score (nSPS) is 10.6. The molecule has 2 aromatic carbocycles. The van der Waals surface area contributed by atoms with Gasteiger partial charge in [0.25, 0.3) is 0 Å². The lowest BCUT2D eigenvalue weighted by molar-refractivity contribution is 0.458. The van der Waals surface area contributed by atoms with E-state index in [1.54, 1.807) is 16.9 Å². The fraction of sp³-hybridized carbons (Fsp3) is 0.0526. The first kappa shape index (κ1) is 17.0. The summed E-state index contributed by atoms with van der Waals surface area (Å²) in [7, 11) is 0. The lowest BCUT2D eigenvalue weighted by atomic mass is 10.2. The van der Waals surface area contributed by atoms with Crippen LogP contribution < -0.4 is 10.1 Å². The van der Waals surface area contributed by atoms with E-state index in [4.69, 9.17) is 16.3 Å². The summed E-state index contributed by atoms with van der Waals surface area (Å²) in [6.45, 7) is 0.466. The Bertz CT molecular complexity index is 1040. The topological polar surface area (TPSA) is 77.8 Å². The third kappa shape index (κ3) is 3.88. The smallest absolute Gasteiger partial charge is 0.248 e. The van der Waals surface area contributed by atoms with Crippen molar-refractivity contribution in [2.45, 2.75) is 6.54 Å². The van der Waals surface area contributed by atoms with E-state index in [-0.39, 0.29) is 0 Å². The summed E-state index contributed by atoms with van der Waals surface area (Å²) in [4.78, 5) is 4.19. The summed E-state index contributed by atoms with van der Waals surface area (Å²) in [5, 5.41) is 15.6. The van der Waals surface area contributed by atoms with Gasteiger partial charge >= 0.3 is 0 Å². The molecule has 27 heavy (non-hydrogen) atoms. The Hall–Kier alpha value is -3.45. The number of tetrazole rings is 1. The lowest BCUT2D eigenvalue weighted by Gasteiger charge is -2.12. The highest BCUT2D eigenvalue weighted by molar-refractivity contribution is 6.32. The fourth-order valence-electron chi connectivity index (χ4n) is 2.53. The van der Waals surface area contributed by atoms with Crippen molar-refractivity contribution >= 4 is 17.5 Å². The monoisotopic (exact) mass is 378 g/mol. The van der Waals surface area contributed by atoms with Crippen LogP contribution in [0.25, 0.3) is 5.69 Å². The van der Waals surface area contributed by atoms with E-state index in [1.807, 2.05) is 60.7 Å². The van der Waals surface area contributed by atoms with Crippen LogP contribution in [0.4, 0.5) is 5.95 Å². The summed E-state index contributed by atoms with van der Waals surface area (Å²) in [6, 6.07) is 20.6. The summed E-state index contributed by atoms with van der Waals surface area (Å²) >= 11 is 6.25. The second kappa shape index (κ2) is 7.84. The molecule has 7 nitrogen and oxygen atoms in total. The molecule has 1 N–H and O–H groups in total. The maximum absolute atomic E-state index is 6.25. The summed E-state index contributed by atoms with van der Waals surface area (Å²) < 4.78 is 7.44. The number of pyridine rings is 1. The summed E-state index contributed by atoms with van der Waals surface area (Å²) in [5.74, 6) is 1.72. The molecular weight excluding hydrogens is 364 g/mol. The van der Waals surface area contributed by atoms with Crippen molar-refractivity contribution in [2.75, 3.05) is 5.32 Å². The molecule has 0 saturated heterocycles. The molecule has 0 aliphatic carbocycles. The maximum Gasteiger partial charge on any atom is 0.248 e. The van der Waals surface area contributed by atoms with E-state index in [0.29, 0.717) is 34.8 Å². The SMILES string of the molecule is Clc1ccccc1-n1nnnc1NCc1ccccc1Oc1ccccn1. The zero-order valence-corrected chi connectivity index (χ0v) is 14.9. The molecule has 0 unspecified atom stereocenters. The summed E-state index contributed by atoms with van der Waals surface area (Å²) in [5.41, 5.74) is 1.64. The molecule has 134 valence electrons. The molecule has 4 aromatic rings. The first-order valence-electron chi connectivity index (χ1n) is 8.25. The van der Waals surface area contributed by atoms with Crippen LogP contribution in [0.2, 0.25) is 5.02 Å². The number of halogens is 1. The van der Waals surface area contributed by atoms with Gasteiger partial charge in [0.15, 0.2) is 0 Å². The standard InChI is InChI=1S/C19H15ClN6O/c20-15-8-2-3-9-16(15)26-19(23-24-25-26)22-13-14-7-1-4-10-17(14)27-18-11-5-6-12-21-18/h1-12H,13H2,(H,22,23,25). The molecule has 0 aliphatic rings. The van der Waals surface area contributed by atoms with E-state index < -0.39 is 0 Å². The van der Waals surface area contributed by atoms with Crippen LogP contribution in [0, 0.1) is 0 Å². The number of aromatic nitrogens is 5. The van der Waals surface area contributed by atoms with Gasteiger partial charge in [0.2, 0.25) is 11.8 Å². The van der Waals surface area contributed by atoms with Crippen molar-refractivity contribution in [3.63, 3.8) is 0 Å². The van der Waals surface area contributed by atoms with E-state index >= 15 is 0 Å². The van der Waals surface area contributed by atoms with Gasteiger partial charge in [0.1, 0.15) is 5.75 Å². The largest absolute Gasteiger partial charge is 0.439 e. The molecule has 4 rings (SSSR count). The van der Waals surface area contributed by atoms with Crippen LogP contribution in [0.1, 0.15) is 5.56 Å². The van der Waals surface area contributed by atoms with Gasteiger partial charge in [-0.3, -0.25) is 0 Å². The molecule has 0 saturated carbocycles. The van der Waals surface area contributed by atoms with Crippen molar-refractivity contribution < 1.29 is 4.74 Å². The van der Waals surface area contributed by atoms with Crippen LogP contribution in [-0.2, 0) is 6.54 Å². The molecule has 0 fully saturated rings. The van der Waals surface area contributed by atoms with Crippen molar-refractivity contribution in [3.05, 3.63) is 83.5 Å². The van der Waals surface area contributed by atoms with Crippen LogP contribution in [0.3, 0.4) is 0 Å². The zero-order chi connectivity index (χ0) is 18.5. The molecule has 0 radical (unpaired) electrons. The number of rotatable bonds is 6. The molecule has 0 aliphatic heterocycles. The Labute approximate surface area is 160 Å². The van der Waals surface area contributed by atoms with Gasteiger partial charge in [0.05, 0.1) is 10.7 Å². The maximum atomic E-state index is 6.25. The highest BCUT2D eigenvalue weighted by Gasteiger charge is 2.12. The zero-order valence-electron chi connectivity index (χ0n) is 14.2. The van der Waals surface area contributed by atoms with Gasteiger partial charge in [-0.25, -0.2) is 4.98 Å². The molecule has 0 amide bonds. The quantitative estimate of drug-likeness (QED) is 0.544. The first-order chi connectivity index (χ1) is 13.3. The third-order valence-corrected chi connectivity index (χ3v) is 4.13. The fourth-order valence-corrected chi connectivity index (χ4v) is 2.74. The van der Waals surface area contributed by atoms with Gasteiger partial charge in [-0.1, -0.05) is 53.1 Å². The van der Waals surface area contributed by atoms with Gasteiger partial charge < -0.3 is 10.1 Å². The molecule has 0 bridgehead atoms. The van der Waals surface area contributed by atoms with Crippen molar-refractivity contribution in [2.24, 2.45) is 0 Å². The predicted octanol–water partition coefficient (Wildman–Crippen LogP) is 4.12. The average Bonchev–Trinajstić information content (AvgIpc) is 3.17. The first-order valence-corrected chi connectivity index (χ1v) is 8.63. The number of benzene rings is 2. The second-order valence-electron chi connectivity index (χ2n) is 5.60. The van der Waals surface area contributed by atoms with Crippen molar-refractivity contribution in [3.8, 4) is 17.3 Å². The van der Waals surface area contributed by atoms with Gasteiger partial charge in [-0.15, -0.1) is 0 Å². The Kier molecular flexibility index (Phi) is 4.93. The van der Waals surface area contributed by atoms with Crippen LogP contribution in [0.5, 0.6) is 11.6 Å². The van der Waals surface area contributed by atoms with Crippen molar-refractivity contribution in [1.82, 2.24) is 25.2 Å². The van der Waals surface area contributed by atoms with E-state index in [9.17, 15) is 0 Å². The van der Waals surface area contributed by atoms with E-state index in [2.05, 4.69) is 25.8 Å². The molecule has 8 heteroatoms. The minimum atomic E-state index is 0.466. The van der Waals surface area contributed by atoms with Crippen LogP contribution in [-0.4, -0.2) is 25.2 Å². The number of nitrogens with one attached hydrogen (secondary N) is 1. The lowest BCUT2D eigenvalue weighted by Crippen LogP contribution is -2.08. The number of para-hydroxylation sites is 2. The molecule has 2 aromatic heterocycles. The highest BCUT2D eigenvalue weighted by atomic mass is 35.5. The summed E-state index contributed by atoms with van der Waals surface area (Å²) in [6.07, 6.45) is 1.69. The number of nitrogens with zero attached hydrogens (tertiary/aromatic N) is 5. The predicted molar refractivity (Wildman–Crippen MR) is 102 cm³/mol. The van der Waals surface area contributed by atoms with Crippen LogP contribution in [0.15, 0.2) is 72.9 Å². The van der Waals surface area contributed by atoms with Crippen LogP contribution >= 0.6 is 11.6 Å². The Balaban J connectivity index is 1.54. The minimum Gasteiger partial charge on any atom is -0.439 e. The number of hydrogen-bond acceptors (Lipinski definition) is 6. The van der Waals surface area contributed by atoms with Gasteiger partial charge in [-0.2, -0.15) is 4.68 Å². The van der Waals surface area contributed by atoms with Gasteiger partial charge in [0, 0.05) is 24.4 Å². The Morgan fingerprint density at radius 1 is 0.963 bits per heavy atom. The van der Waals surface area contributed by atoms with E-state index in [1.165, 1.54) is 0 Å². The number of ether oxygens (including phenoxy) is 1. The second-order valence-corrected chi connectivity index (χ2v) is 6.00. The Morgan fingerprint density at radius 2 is 1.78 bits per heavy atom. The van der Waals surface area contributed by atoms with E-state index in [0.717, 1.165) is 5.56 Å². The third-order valence-electron chi connectivity index (χ3n) is 3.81.